The van der Waals surface area contributed by atoms with Crippen LogP contribution in [0.15, 0.2) is 54.9 Å². The molecule has 4 aromatic rings. The number of carbonyl (C=O) groups is 1. The SMILES string of the molecule is Cc1nc(-c2ccc(-c3cnc(N)c4ccc(C(=O)N5CC(F)(F)C5)cc34)cc2)cn1C. The highest BCUT2D eigenvalue weighted by Crippen LogP contribution is 2.34. The van der Waals surface area contributed by atoms with Crippen LogP contribution < -0.4 is 5.73 Å². The van der Waals surface area contributed by atoms with Gasteiger partial charge in [-0.1, -0.05) is 24.3 Å². The van der Waals surface area contributed by atoms with E-state index in [0.717, 1.165) is 38.5 Å². The van der Waals surface area contributed by atoms with Crippen LogP contribution in [0.4, 0.5) is 14.6 Å². The molecule has 5 rings (SSSR count). The maximum atomic E-state index is 13.2. The Morgan fingerprint density at radius 3 is 2.38 bits per heavy atom. The van der Waals surface area contributed by atoms with E-state index in [1.54, 1.807) is 24.4 Å². The molecule has 0 saturated carbocycles. The van der Waals surface area contributed by atoms with E-state index in [4.69, 9.17) is 5.73 Å². The van der Waals surface area contributed by atoms with Crippen LogP contribution in [0.2, 0.25) is 0 Å². The van der Waals surface area contributed by atoms with E-state index >= 15 is 0 Å². The molecule has 1 aliphatic rings. The summed E-state index contributed by atoms with van der Waals surface area (Å²) in [7, 11) is 1.95. The molecule has 1 fully saturated rings. The van der Waals surface area contributed by atoms with E-state index in [9.17, 15) is 13.6 Å². The lowest BCUT2D eigenvalue weighted by Crippen LogP contribution is -2.58. The van der Waals surface area contributed by atoms with Crippen LogP contribution in [0.5, 0.6) is 0 Å². The van der Waals surface area contributed by atoms with Crippen molar-refractivity contribution in [2.24, 2.45) is 7.05 Å². The van der Waals surface area contributed by atoms with Crippen molar-refractivity contribution in [2.75, 3.05) is 18.8 Å². The Labute approximate surface area is 183 Å². The Morgan fingerprint density at radius 2 is 1.75 bits per heavy atom. The Kier molecular flexibility index (Phi) is 4.47. The molecule has 0 spiro atoms. The number of likely N-dealkylation sites (tertiary alicyclic amines) is 1. The van der Waals surface area contributed by atoms with E-state index in [1.165, 1.54) is 0 Å². The molecule has 1 saturated heterocycles. The number of imidazole rings is 1. The molecule has 1 aliphatic heterocycles. The molecule has 3 heterocycles. The molecule has 0 atom stereocenters. The number of alkyl halides is 2. The second kappa shape index (κ2) is 7.12. The average molecular weight is 433 g/mol. The van der Waals surface area contributed by atoms with Gasteiger partial charge in [-0.25, -0.2) is 18.7 Å². The molecule has 8 heteroatoms. The van der Waals surface area contributed by atoms with Gasteiger partial charge in [0.05, 0.1) is 18.8 Å². The van der Waals surface area contributed by atoms with Gasteiger partial charge in [-0.2, -0.15) is 0 Å². The smallest absolute Gasteiger partial charge is 0.282 e. The first-order chi connectivity index (χ1) is 15.2. The molecule has 0 aliphatic carbocycles. The van der Waals surface area contributed by atoms with Gasteiger partial charge in [-0.3, -0.25) is 4.79 Å². The maximum Gasteiger partial charge on any atom is 0.282 e. The second-order valence-corrected chi connectivity index (χ2v) is 8.20. The summed E-state index contributed by atoms with van der Waals surface area (Å²) in [4.78, 5) is 22.7. The normalized spacial score (nSPS) is 15.1. The number of rotatable bonds is 3. The monoisotopic (exact) mass is 433 g/mol. The number of amides is 1. The predicted octanol–water partition coefficient (Wildman–Crippen LogP) is 4.28. The Morgan fingerprint density at radius 1 is 1.06 bits per heavy atom. The molecule has 0 unspecified atom stereocenters. The lowest BCUT2D eigenvalue weighted by Gasteiger charge is -2.38. The van der Waals surface area contributed by atoms with Gasteiger partial charge in [0.1, 0.15) is 11.6 Å². The van der Waals surface area contributed by atoms with E-state index in [0.29, 0.717) is 16.8 Å². The number of aromatic nitrogens is 3. The number of anilines is 1. The van der Waals surface area contributed by atoms with Gasteiger partial charge < -0.3 is 15.2 Å². The van der Waals surface area contributed by atoms with E-state index < -0.39 is 24.9 Å². The standard InChI is InChI=1S/C24H21F2N5O/c1-14-29-21(11-30(14)2)16-5-3-15(4-6-16)20-10-28-22(27)18-8-7-17(9-19(18)20)23(32)31-12-24(25,26)13-31/h3-11H,12-13H2,1-2H3,(H2,27,28). The summed E-state index contributed by atoms with van der Waals surface area (Å²) in [6, 6.07) is 12.9. The third kappa shape index (κ3) is 3.37. The Bertz CT molecular complexity index is 1330. The van der Waals surface area contributed by atoms with Crippen molar-refractivity contribution in [3.8, 4) is 22.4 Å². The number of aryl methyl sites for hydroxylation is 2. The Balaban J connectivity index is 1.53. The van der Waals surface area contributed by atoms with Crippen LogP contribution in [0, 0.1) is 6.92 Å². The number of hydrogen-bond acceptors (Lipinski definition) is 4. The quantitative estimate of drug-likeness (QED) is 0.523. The summed E-state index contributed by atoms with van der Waals surface area (Å²) < 4.78 is 28.4. The van der Waals surface area contributed by atoms with Crippen molar-refractivity contribution in [1.82, 2.24) is 19.4 Å². The van der Waals surface area contributed by atoms with Gasteiger partial charge in [0.2, 0.25) is 0 Å². The summed E-state index contributed by atoms with van der Waals surface area (Å²) >= 11 is 0. The molecule has 6 nitrogen and oxygen atoms in total. The average Bonchev–Trinajstić information content (AvgIpc) is 3.10. The van der Waals surface area contributed by atoms with Crippen molar-refractivity contribution >= 4 is 22.5 Å². The first-order valence-electron chi connectivity index (χ1n) is 10.2. The summed E-state index contributed by atoms with van der Waals surface area (Å²) in [6.45, 7) is 0.845. The van der Waals surface area contributed by atoms with E-state index in [1.807, 2.05) is 49.0 Å². The van der Waals surface area contributed by atoms with Crippen LogP contribution in [0.3, 0.4) is 0 Å². The molecule has 2 N–H and O–H groups in total. The molecule has 0 bridgehead atoms. The molecule has 0 radical (unpaired) electrons. The predicted molar refractivity (Wildman–Crippen MR) is 119 cm³/mol. The van der Waals surface area contributed by atoms with Crippen LogP contribution in [-0.2, 0) is 7.05 Å². The number of carbonyl (C=O) groups excluding carboxylic acids is 1. The van der Waals surface area contributed by atoms with Crippen molar-refractivity contribution < 1.29 is 13.6 Å². The van der Waals surface area contributed by atoms with Crippen LogP contribution in [0.25, 0.3) is 33.2 Å². The topological polar surface area (TPSA) is 77.0 Å². The lowest BCUT2D eigenvalue weighted by atomic mass is 9.97. The number of benzene rings is 2. The zero-order valence-electron chi connectivity index (χ0n) is 17.6. The molecule has 1 amide bonds. The van der Waals surface area contributed by atoms with Gasteiger partial charge in [0, 0.05) is 41.5 Å². The minimum absolute atomic E-state index is 0.346. The fourth-order valence-corrected chi connectivity index (χ4v) is 3.98. The number of nitrogen functional groups attached to an aromatic ring is 1. The first-order valence-corrected chi connectivity index (χ1v) is 10.2. The van der Waals surface area contributed by atoms with Crippen molar-refractivity contribution in [3.05, 3.63) is 66.2 Å². The van der Waals surface area contributed by atoms with Gasteiger partial charge in [-0.05, 0) is 36.1 Å². The molecular weight excluding hydrogens is 412 g/mol. The largest absolute Gasteiger partial charge is 0.383 e. The third-order valence-electron chi connectivity index (χ3n) is 5.90. The number of nitrogens with two attached hydrogens (primary N) is 1. The third-order valence-corrected chi connectivity index (χ3v) is 5.90. The van der Waals surface area contributed by atoms with Crippen LogP contribution >= 0.6 is 0 Å². The molecular formula is C24H21F2N5O. The Hall–Kier alpha value is -3.81. The van der Waals surface area contributed by atoms with Gasteiger partial charge in [-0.15, -0.1) is 0 Å². The number of pyridine rings is 1. The highest BCUT2D eigenvalue weighted by molar-refractivity contribution is 6.06. The minimum atomic E-state index is -2.81. The van der Waals surface area contributed by atoms with E-state index in [2.05, 4.69) is 9.97 Å². The van der Waals surface area contributed by atoms with Crippen LogP contribution in [-0.4, -0.2) is 44.4 Å². The summed E-state index contributed by atoms with van der Waals surface area (Å²) in [5.41, 5.74) is 9.99. The van der Waals surface area contributed by atoms with Crippen LogP contribution in [0.1, 0.15) is 16.2 Å². The molecule has 32 heavy (non-hydrogen) atoms. The fourth-order valence-electron chi connectivity index (χ4n) is 3.98. The molecule has 2 aromatic carbocycles. The molecule has 2 aromatic heterocycles. The number of nitrogens with zero attached hydrogens (tertiary/aromatic N) is 4. The van der Waals surface area contributed by atoms with E-state index in [-0.39, 0.29) is 0 Å². The lowest BCUT2D eigenvalue weighted by molar-refractivity contribution is -0.113. The minimum Gasteiger partial charge on any atom is -0.383 e. The van der Waals surface area contributed by atoms with Crippen molar-refractivity contribution in [3.63, 3.8) is 0 Å². The first kappa shape index (κ1) is 20.1. The van der Waals surface area contributed by atoms with Crippen molar-refractivity contribution in [2.45, 2.75) is 12.8 Å². The van der Waals surface area contributed by atoms with Crippen molar-refractivity contribution in [1.29, 1.82) is 0 Å². The highest BCUT2D eigenvalue weighted by Gasteiger charge is 2.46. The number of halogens is 2. The zero-order valence-corrected chi connectivity index (χ0v) is 17.6. The fraction of sp³-hybridized carbons (Fsp3) is 0.208. The number of hydrogen-bond donors (Lipinski definition) is 1. The van der Waals surface area contributed by atoms with Gasteiger partial charge >= 0.3 is 0 Å². The summed E-state index contributed by atoms with van der Waals surface area (Å²) in [5.74, 6) is -1.95. The summed E-state index contributed by atoms with van der Waals surface area (Å²) in [5, 5.41) is 1.45. The highest BCUT2D eigenvalue weighted by atomic mass is 19.3. The van der Waals surface area contributed by atoms with Gasteiger partial charge in [0.15, 0.2) is 0 Å². The number of fused-ring (bicyclic) bond motifs is 1. The summed E-state index contributed by atoms with van der Waals surface area (Å²) in [6.07, 6.45) is 3.64. The van der Waals surface area contributed by atoms with Gasteiger partial charge in [0.25, 0.3) is 11.8 Å². The second-order valence-electron chi connectivity index (χ2n) is 8.20. The molecule has 162 valence electrons. The zero-order chi connectivity index (χ0) is 22.6. The maximum absolute atomic E-state index is 13.2.